The van der Waals surface area contributed by atoms with E-state index in [1.165, 1.54) is 0 Å². The van der Waals surface area contributed by atoms with Crippen molar-refractivity contribution >= 4 is 14.1 Å². The highest BCUT2D eigenvalue weighted by atomic mass is 28.4. The van der Waals surface area contributed by atoms with E-state index in [-0.39, 0.29) is 5.78 Å². The SMILES string of the molecule is C[Si](C)(C)OC1(n2cccc2)C=CC1=O. The molecule has 0 radical (unpaired) electrons. The second kappa shape index (κ2) is 3.18. The monoisotopic (exact) mass is 221 g/mol. The van der Waals surface area contributed by atoms with Gasteiger partial charge in [-0.3, -0.25) is 4.79 Å². The Morgan fingerprint density at radius 2 is 1.87 bits per heavy atom. The second-order valence-electron chi connectivity index (χ2n) is 4.70. The molecule has 2 rings (SSSR count). The molecule has 0 aliphatic heterocycles. The summed E-state index contributed by atoms with van der Waals surface area (Å²) in [6.07, 6.45) is 7.12. The lowest BCUT2D eigenvalue weighted by Crippen LogP contribution is -2.52. The molecular formula is C11H15NO2Si. The van der Waals surface area contributed by atoms with Crippen LogP contribution < -0.4 is 0 Å². The minimum absolute atomic E-state index is 0.0288. The molecule has 1 aliphatic carbocycles. The quantitative estimate of drug-likeness (QED) is 0.732. The van der Waals surface area contributed by atoms with Crippen molar-refractivity contribution in [2.45, 2.75) is 25.4 Å². The molecule has 0 amide bonds. The van der Waals surface area contributed by atoms with Crippen LogP contribution in [0.25, 0.3) is 0 Å². The number of ketones is 1. The summed E-state index contributed by atoms with van der Waals surface area (Å²) in [5, 5.41) is 0. The average Bonchev–Trinajstić information content (AvgIpc) is 2.63. The number of hydrogen-bond donors (Lipinski definition) is 0. The summed E-state index contributed by atoms with van der Waals surface area (Å²) in [5.41, 5.74) is -0.853. The van der Waals surface area contributed by atoms with E-state index in [0.717, 1.165) is 0 Å². The molecule has 0 saturated heterocycles. The van der Waals surface area contributed by atoms with Crippen LogP contribution in [-0.2, 0) is 14.9 Å². The maximum atomic E-state index is 11.7. The first-order valence-corrected chi connectivity index (χ1v) is 8.42. The first-order chi connectivity index (χ1) is 6.94. The predicted octanol–water partition coefficient (Wildman–Crippen LogP) is 2.13. The molecule has 1 atom stereocenters. The average molecular weight is 221 g/mol. The van der Waals surface area contributed by atoms with Crippen LogP contribution in [-0.4, -0.2) is 18.7 Å². The zero-order valence-corrected chi connectivity index (χ0v) is 10.2. The highest BCUT2D eigenvalue weighted by Crippen LogP contribution is 2.33. The van der Waals surface area contributed by atoms with Crippen LogP contribution in [0, 0.1) is 0 Å². The van der Waals surface area contributed by atoms with Crippen LogP contribution in [0.5, 0.6) is 0 Å². The zero-order valence-electron chi connectivity index (χ0n) is 9.23. The Labute approximate surface area is 90.5 Å². The van der Waals surface area contributed by atoms with Gasteiger partial charge in [0, 0.05) is 12.4 Å². The topological polar surface area (TPSA) is 31.2 Å². The number of rotatable bonds is 3. The number of carbonyl (C=O) groups is 1. The van der Waals surface area contributed by atoms with Crippen LogP contribution in [0.15, 0.2) is 36.7 Å². The van der Waals surface area contributed by atoms with Crippen LogP contribution in [0.3, 0.4) is 0 Å². The Hall–Kier alpha value is -1.13. The summed E-state index contributed by atoms with van der Waals surface area (Å²) in [5.74, 6) is 0.0288. The van der Waals surface area contributed by atoms with Crippen LogP contribution >= 0.6 is 0 Å². The van der Waals surface area contributed by atoms with Gasteiger partial charge in [-0.05, 0) is 43.9 Å². The molecular weight excluding hydrogens is 206 g/mol. The summed E-state index contributed by atoms with van der Waals surface area (Å²) in [7, 11) is -1.75. The first-order valence-electron chi connectivity index (χ1n) is 5.01. The van der Waals surface area contributed by atoms with Gasteiger partial charge in [-0.1, -0.05) is 0 Å². The molecule has 0 fully saturated rings. The molecule has 0 bridgehead atoms. The summed E-state index contributed by atoms with van der Waals surface area (Å²) in [4.78, 5) is 11.7. The highest BCUT2D eigenvalue weighted by molar-refractivity contribution is 6.70. The molecule has 4 heteroatoms. The Bertz CT molecular complexity index is 403. The van der Waals surface area contributed by atoms with E-state index in [1.54, 1.807) is 6.08 Å². The van der Waals surface area contributed by atoms with Gasteiger partial charge in [-0.2, -0.15) is 0 Å². The fourth-order valence-corrected chi connectivity index (χ4v) is 2.87. The number of hydrogen-bond acceptors (Lipinski definition) is 2. The molecule has 0 spiro atoms. The van der Waals surface area contributed by atoms with Crippen LogP contribution in [0.4, 0.5) is 0 Å². The van der Waals surface area contributed by atoms with Crippen molar-refractivity contribution in [2.24, 2.45) is 0 Å². The molecule has 0 aromatic carbocycles. The molecule has 0 N–H and O–H groups in total. The van der Waals surface area contributed by atoms with Crippen molar-refractivity contribution < 1.29 is 9.22 Å². The predicted molar refractivity (Wildman–Crippen MR) is 61.0 cm³/mol. The fraction of sp³-hybridized carbons (Fsp3) is 0.364. The summed E-state index contributed by atoms with van der Waals surface area (Å²) in [6.45, 7) is 6.24. The lowest BCUT2D eigenvalue weighted by Gasteiger charge is -2.40. The first kappa shape index (κ1) is 10.4. The van der Waals surface area contributed by atoms with Gasteiger partial charge in [0.1, 0.15) is 0 Å². The molecule has 80 valence electrons. The van der Waals surface area contributed by atoms with Crippen molar-refractivity contribution in [1.82, 2.24) is 4.57 Å². The molecule has 1 aromatic heterocycles. The van der Waals surface area contributed by atoms with Crippen LogP contribution in [0.1, 0.15) is 0 Å². The summed E-state index contributed by atoms with van der Waals surface area (Å²) < 4.78 is 7.81. The highest BCUT2D eigenvalue weighted by Gasteiger charge is 2.46. The smallest absolute Gasteiger partial charge is 0.219 e. The van der Waals surface area contributed by atoms with E-state index in [0.29, 0.717) is 0 Å². The Kier molecular flexibility index (Phi) is 2.20. The molecule has 0 saturated carbocycles. The lowest BCUT2D eigenvalue weighted by molar-refractivity contribution is -0.137. The molecule has 1 heterocycles. The van der Waals surface area contributed by atoms with Crippen molar-refractivity contribution in [3.05, 3.63) is 36.7 Å². The lowest BCUT2D eigenvalue weighted by atomic mass is 9.97. The van der Waals surface area contributed by atoms with E-state index in [1.807, 2.05) is 35.2 Å². The third-order valence-electron chi connectivity index (χ3n) is 2.26. The van der Waals surface area contributed by atoms with Gasteiger partial charge < -0.3 is 8.99 Å². The Balaban J connectivity index is 2.36. The molecule has 15 heavy (non-hydrogen) atoms. The number of nitrogens with zero attached hydrogens (tertiary/aromatic N) is 1. The van der Waals surface area contributed by atoms with Crippen molar-refractivity contribution in [3.8, 4) is 0 Å². The maximum Gasteiger partial charge on any atom is 0.219 e. The third-order valence-corrected chi connectivity index (χ3v) is 3.19. The maximum absolute atomic E-state index is 11.7. The summed E-state index contributed by atoms with van der Waals surface area (Å²) >= 11 is 0. The largest absolute Gasteiger partial charge is 0.386 e. The summed E-state index contributed by atoms with van der Waals surface area (Å²) in [6, 6.07) is 3.80. The van der Waals surface area contributed by atoms with Crippen LogP contribution in [0.2, 0.25) is 19.6 Å². The Morgan fingerprint density at radius 1 is 1.27 bits per heavy atom. The molecule has 1 aliphatic rings. The zero-order chi connectivity index (χ0) is 11.1. The van der Waals surface area contributed by atoms with E-state index < -0.39 is 14.0 Å². The van der Waals surface area contributed by atoms with Crippen molar-refractivity contribution in [1.29, 1.82) is 0 Å². The molecule has 3 nitrogen and oxygen atoms in total. The van der Waals surface area contributed by atoms with E-state index in [4.69, 9.17) is 4.43 Å². The van der Waals surface area contributed by atoms with E-state index in [2.05, 4.69) is 19.6 Å². The van der Waals surface area contributed by atoms with Gasteiger partial charge >= 0.3 is 0 Å². The van der Waals surface area contributed by atoms with Gasteiger partial charge in [-0.15, -0.1) is 0 Å². The van der Waals surface area contributed by atoms with Crippen molar-refractivity contribution in [2.75, 3.05) is 0 Å². The Morgan fingerprint density at radius 3 is 2.20 bits per heavy atom. The van der Waals surface area contributed by atoms with Gasteiger partial charge in [0.2, 0.25) is 11.5 Å². The standard InChI is InChI=1S/C11H15NO2Si/c1-15(2,3)14-11(7-6-10(11)13)12-8-4-5-9-12/h4-9H,1-3H3. The van der Waals surface area contributed by atoms with Gasteiger partial charge in [0.05, 0.1) is 0 Å². The van der Waals surface area contributed by atoms with Crippen molar-refractivity contribution in [3.63, 3.8) is 0 Å². The van der Waals surface area contributed by atoms with Gasteiger partial charge in [0.25, 0.3) is 0 Å². The minimum atomic E-state index is -1.75. The second-order valence-corrected chi connectivity index (χ2v) is 9.13. The van der Waals surface area contributed by atoms with Gasteiger partial charge in [-0.25, -0.2) is 0 Å². The normalized spacial score (nSPS) is 25.4. The molecule has 1 unspecified atom stereocenters. The van der Waals surface area contributed by atoms with E-state index in [9.17, 15) is 4.79 Å². The number of aromatic nitrogens is 1. The fourth-order valence-electron chi connectivity index (χ4n) is 1.67. The van der Waals surface area contributed by atoms with Gasteiger partial charge in [0.15, 0.2) is 8.32 Å². The number of carbonyl (C=O) groups excluding carboxylic acids is 1. The third kappa shape index (κ3) is 1.70. The minimum Gasteiger partial charge on any atom is -0.386 e. The van der Waals surface area contributed by atoms with E-state index >= 15 is 0 Å². The molecule has 1 aromatic rings.